The van der Waals surface area contributed by atoms with E-state index in [0.29, 0.717) is 0 Å². The molecule has 78 valence electrons. The predicted molar refractivity (Wildman–Crippen MR) is 60.2 cm³/mol. The average molecular weight is 202 g/mol. The Hall–Kier alpha value is -1.84. The van der Waals surface area contributed by atoms with Crippen LogP contribution in [0.1, 0.15) is 12.5 Å². The highest BCUT2D eigenvalue weighted by atomic mass is 15.3. The third-order valence-corrected chi connectivity index (χ3v) is 2.45. The van der Waals surface area contributed by atoms with Gasteiger partial charge in [-0.2, -0.15) is 5.10 Å². The van der Waals surface area contributed by atoms with E-state index in [1.165, 1.54) is 0 Å². The molecule has 2 aromatic heterocycles. The van der Waals surface area contributed by atoms with Crippen molar-refractivity contribution < 1.29 is 0 Å². The van der Waals surface area contributed by atoms with Crippen molar-refractivity contribution in [3.05, 3.63) is 30.0 Å². The normalized spacial score (nSPS) is 10.5. The number of aromatic nitrogens is 3. The molecule has 0 aliphatic heterocycles. The Kier molecular flexibility index (Phi) is 2.41. The van der Waals surface area contributed by atoms with E-state index in [2.05, 4.69) is 17.0 Å². The number of pyridine rings is 1. The number of nitrogen functional groups attached to an aromatic ring is 1. The lowest BCUT2D eigenvalue weighted by molar-refractivity contribution is 0.781. The van der Waals surface area contributed by atoms with Crippen LogP contribution >= 0.6 is 0 Å². The second-order valence-electron chi connectivity index (χ2n) is 3.40. The molecule has 2 aromatic rings. The lowest BCUT2D eigenvalue weighted by Crippen LogP contribution is -1.98. The maximum Gasteiger partial charge on any atom is 0.125 e. The lowest BCUT2D eigenvalue weighted by Gasteiger charge is -1.98. The SMILES string of the molecule is CCc1c(-c2ccccn2)nn(C)c1N. The quantitative estimate of drug-likeness (QED) is 0.805. The Bertz CT molecular complexity index is 459. The fraction of sp³-hybridized carbons (Fsp3) is 0.273. The van der Waals surface area contributed by atoms with E-state index in [-0.39, 0.29) is 0 Å². The van der Waals surface area contributed by atoms with Crippen molar-refractivity contribution in [2.24, 2.45) is 7.05 Å². The first-order valence-electron chi connectivity index (χ1n) is 4.96. The fourth-order valence-corrected chi connectivity index (χ4v) is 1.64. The van der Waals surface area contributed by atoms with Gasteiger partial charge in [0.05, 0.1) is 5.69 Å². The second-order valence-corrected chi connectivity index (χ2v) is 3.40. The third kappa shape index (κ3) is 1.58. The van der Waals surface area contributed by atoms with Crippen molar-refractivity contribution in [2.75, 3.05) is 5.73 Å². The average Bonchev–Trinajstić information content (AvgIpc) is 2.56. The Labute approximate surface area is 88.8 Å². The number of hydrogen-bond donors (Lipinski definition) is 1. The van der Waals surface area contributed by atoms with E-state index in [4.69, 9.17) is 5.73 Å². The van der Waals surface area contributed by atoms with Crippen LogP contribution in [0.15, 0.2) is 24.4 Å². The second kappa shape index (κ2) is 3.73. The summed E-state index contributed by atoms with van der Waals surface area (Å²) in [6.07, 6.45) is 2.63. The van der Waals surface area contributed by atoms with Crippen LogP contribution in [-0.4, -0.2) is 14.8 Å². The predicted octanol–water partition coefficient (Wildman–Crippen LogP) is 1.63. The molecule has 0 spiro atoms. The molecule has 0 aromatic carbocycles. The Morgan fingerprint density at radius 2 is 2.20 bits per heavy atom. The summed E-state index contributed by atoms with van der Waals surface area (Å²) < 4.78 is 1.70. The molecule has 2 rings (SSSR count). The zero-order valence-electron chi connectivity index (χ0n) is 8.94. The number of nitrogens with two attached hydrogens (primary N) is 1. The summed E-state index contributed by atoms with van der Waals surface area (Å²) in [7, 11) is 1.85. The molecule has 0 aliphatic rings. The first kappa shape index (κ1) is 9.71. The molecule has 0 radical (unpaired) electrons. The van der Waals surface area contributed by atoms with Crippen LogP contribution in [0, 0.1) is 0 Å². The van der Waals surface area contributed by atoms with Crippen LogP contribution in [0.5, 0.6) is 0 Å². The number of rotatable bonds is 2. The van der Waals surface area contributed by atoms with Gasteiger partial charge in [-0.15, -0.1) is 0 Å². The first-order valence-corrected chi connectivity index (χ1v) is 4.96. The van der Waals surface area contributed by atoms with Gasteiger partial charge in [-0.25, -0.2) is 0 Å². The lowest BCUT2D eigenvalue weighted by atomic mass is 10.1. The van der Waals surface area contributed by atoms with Gasteiger partial charge in [-0.3, -0.25) is 9.67 Å². The summed E-state index contributed by atoms with van der Waals surface area (Å²) in [4.78, 5) is 4.28. The molecule has 0 atom stereocenters. The highest BCUT2D eigenvalue weighted by Gasteiger charge is 2.13. The van der Waals surface area contributed by atoms with Crippen molar-refractivity contribution in [2.45, 2.75) is 13.3 Å². The van der Waals surface area contributed by atoms with Crippen molar-refractivity contribution in [3.63, 3.8) is 0 Å². The van der Waals surface area contributed by atoms with E-state index in [1.54, 1.807) is 10.9 Å². The van der Waals surface area contributed by atoms with Gasteiger partial charge in [-0.05, 0) is 18.6 Å². The summed E-state index contributed by atoms with van der Waals surface area (Å²) in [6, 6.07) is 5.79. The van der Waals surface area contributed by atoms with Gasteiger partial charge in [-0.1, -0.05) is 13.0 Å². The molecule has 4 nitrogen and oxygen atoms in total. The molecule has 0 bridgehead atoms. The van der Waals surface area contributed by atoms with Gasteiger partial charge in [0, 0.05) is 18.8 Å². The highest BCUT2D eigenvalue weighted by molar-refractivity contribution is 5.65. The smallest absolute Gasteiger partial charge is 0.125 e. The van der Waals surface area contributed by atoms with Gasteiger partial charge in [0.2, 0.25) is 0 Å². The minimum absolute atomic E-state index is 0.721. The summed E-state index contributed by atoms with van der Waals surface area (Å²) in [5.74, 6) is 0.721. The highest BCUT2D eigenvalue weighted by Crippen LogP contribution is 2.25. The summed E-state index contributed by atoms with van der Waals surface area (Å²) in [5, 5.41) is 4.38. The number of aryl methyl sites for hydroxylation is 1. The molecule has 0 amide bonds. The molecule has 2 N–H and O–H groups in total. The van der Waals surface area contributed by atoms with Crippen LogP contribution in [0.25, 0.3) is 11.4 Å². The van der Waals surface area contributed by atoms with Crippen LogP contribution in [-0.2, 0) is 13.5 Å². The van der Waals surface area contributed by atoms with E-state index in [0.717, 1.165) is 29.2 Å². The molecule has 0 unspecified atom stereocenters. The minimum atomic E-state index is 0.721. The van der Waals surface area contributed by atoms with E-state index < -0.39 is 0 Å². The molecule has 0 saturated carbocycles. The van der Waals surface area contributed by atoms with E-state index in [9.17, 15) is 0 Å². The van der Waals surface area contributed by atoms with Crippen molar-refractivity contribution in [1.82, 2.24) is 14.8 Å². The minimum Gasteiger partial charge on any atom is -0.384 e. The topological polar surface area (TPSA) is 56.7 Å². The van der Waals surface area contributed by atoms with Crippen LogP contribution < -0.4 is 5.73 Å². The van der Waals surface area contributed by atoms with Gasteiger partial charge in [0.1, 0.15) is 11.5 Å². The molecule has 4 heteroatoms. The summed E-state index contributed by atoms with van der Waals surface area (Å²) in [6.45, 7) is 2.07. The largest absolute Gasteiger partial charge is 0.384 e. The van der Waals surface area contributed by atoms with Gasteiger partial charge >= 0.3 is 0 Å². The van der Waals surface area contributed by atoms with Crippen molar-refractivity contribution >= 4 is 5.82 Å². The van der Waals surface area contributed by atoms with Gasteiger partial charge in [0.15, 0.2) is 0 Å². The Morgan fingerprint density at radius 3 is 2.80 bits per heavy atom. The summed E-state index contributed by atoms with van der Waals surface area (Å²) >= 11 is 0. The molecule has 0 fully saturated rings. The Morgan fingerprint density at radius 1 is 1.40 bits per heavy atom. The maximum absolute atomic E-state index is 5.92. The molecular formula is C11H14N4. The number of hydrogen-bond acceptors (Lipinski definition) is 3. The number of anilines is 1. The fourth-order valence-electron chi connectivity index (χ4n) is 1.64. The monoisotopic (exact) mass is 202 g/mol. The third-order valence-electron chi connectivity index (χ3n) is 2.45. The van der Waals surface area contributed by atoms with Gasteiger partial charge < -0.3 is 5.73 Å². The van der Waals surface area contributed by atoms with Crippen molar-refractivity contribution in [3.8, 4) is 11.4 Å². The van der Waals surface area contributed by atoms with E-state index >= 15 is 0 Å². The molecule has 0 aliphatic carbocycles. The Balaban J connectivity index is 2.58. The van der Waals surface area contributed by atoms with Crippen LogP contribution in [0.4, 0.5) is 5.82 Å². The zero-order chi connectivity index (χ0) is 10.8. The zero-order valence-corrected chi connectivity index (χ0v) is 8.94. The first-order chi connectivity index (χ1) is 7.24. The molecule has 15 heavy (non-hydrogen) atoms. The van der Waals surface area contributed by atoms with Crippen LogP contribution in [0.3, 0.4) is 0 Å². The van der Waals surface area contributed by atoms with Crippen molar-refractivity contribution in [1.29, 1.82) is 0 Å². The van der Waals surface area contributed by atoms with Crippen LogP contribution in [0.2, 0.25) is 0 Å². The van der Waals surface area contributed by atoms with E-state index in [1.807, 2.05) is 25.2 Å². The van der Waals surface area contributed by atoms with Gasteiger partial charge in [0.25, 0.3) is 0 Å². The standard InChI is InChI=1S/C11H14N4/c1-3-8-10(14-15(2)11(8)12)9-6-4-5-7-13-9/h4-7H,3,12H2,1-2H3. The maximum atomic E-state index is 5.92. The number of nitrogens with zero attached hydrogens (tertiary/aromatic N) is 3. The molecule has 0 saturated heterocycles. The summed E-state index contributed by atoms with van der Waals surface area (Å²) in [5.41, 5.74) is 8.75. The molecular weight excluding hydrogens is 188 g/mol. The molecule has 2 heterocycles.